The quantitative estimate of drug-likeness (QED) is 0.387. The number of nitrogens with zero attached hydrogens (tertiary/aromatic N) is 3. The summed E-state index contributed by atoms with van der Waals surface area (Å²) in [5, 5.41) is 16.6. The number of amides is 5. The van der Waals surface area contributed by atoms with Gasteiger partial charge in [0.05, 0.1) is 17.3 Å². The van der Waals surface area contributed by atoms with E-state index in [2.05, 4.69) is 26.1 Å². The van der Waals surface area contributed by atoms with Gasteiger partial charge in [-0.15, -0.1) is 0 Å². The number of aromatic amines is 1. The lowest BCUT2D eigenvalue weighted by Gasteiger charge is -2.44. The van der Waals surface area contributed by atoms with Gasteiger partial charge in [0.15, 0.2) is 0 Å². The second kappa shape index (κ2) is 10.3. The standard InChI is InChI=1S/C28H30F3N7O3/c29-28(30,31)19-4-1-17(2-5-19)15-38-16-21-18(3-6-22-20(21)14-33-36-22)13-23(24(38)39)34-26(41)37-11-8-27(9-12-37)7-10-32-25(40)35-27/h1-6,14,23H,7-13,15-16H2,(H,33,36)(H,34,41)(H2,32,35,40)/t23-/m1/s1. The van der Waals surface area contributed by atoms with Gasteiger partial charge in [0.25, 0.3) is 0 Å². The van der Waals surface area contributed by atoms with Crippen molar-refractivity contribution >= 4 is 28.9 Å². The van der Waals surface area contributed by atoms with E-state index in [0.29, 0.717) is 38.0 Å². The Kier molecular flexibility index (Phi) is 6.74. The third-order valence-electron chi connectivity index (χ3n) is 8.44. The number of hydrogen-bond donors (Lipinski definition) is 4. The van der Waals surface area contributed by atoms with Gasteiger partial charge >= 0.3 is 18.2 Å². The second-order valence-corrected chi connectivity index (χ2v) is 11.0. The van der Waals surface area contributed by atoms with Crippen molar-refractivity contribution < 1.29 is 27.6 Å². The zero-order chi connectivity index (χ0) is 28.8. The number of piperidine rings is 1. The maximum atomic E-state index is 13.9. The zero-order valence-corrected chi connectivity index (χ0v) is 22.2. The fourth-order valence-electron chi connectivity index (χ4n) is 6.08. The van der Waals surface area contributed by atoms with Crippen LogP contribution in [0.3, 0.4) is 0 Å². The van der Waals surface area contributed by atoms with Crippen LogP contribution in [-0.4, -0.2) is 69.2 Å². The van der Waals surface area contributed by atoms with Gasteiger partial charge in [0, 0.05) is 50.1 Å². The largest absolute Gasteiger partial charge is 0.416 e. The van der Waals surface area contributed by atoms with Gasteiger partial charge in [-0.2, -0.15) is 18.3 Å². The van der Waals surface area contributed by atoms with Gasteiger partial charge in [-0.05, 0) is 54.2 Å². The monoisotopic (exact) mass is 569 g/mol. The SMILES string of the molecule is O=C1NCCC2(CCN(C(=O)N[C@@H]3Cc4ccc5[nH]ncc5c4CN(Cc4ccc(C(F)(F)F)cc4)C3=O)CC2)N1. The highest BCUT2D eigenvalue weighted by Crippen LogP contribution is 2.31. The Labute approximate surface area is 233 Å². The van der Waals surface area contributed by atoms with Crippen molar-refractivity contribution in [3.8, 4) is 0 Å². The van der Waals surface area contributed by atoms with Gasteiger partial charge in [0.2, 0.25) is 5.91 Å². The average Bonchev–Trinajstić information content (AvgIpc) is 3.38. The van der Waals surface area contributed by atoms with Crippen molar-refractivity contribution in [2.24, 2.45) is 0 Å². The molecule has 0 unspecified atom stereocenters. The normalized spacial score (nSPS) is 20.8. The third kappa shape index (κ3) is 5.40. The van der Waals surface area contributed by atoms with Crippen molar-refractivity contribution in [3.63, 3.8) is 0 Å². The molecule has 3 aliphatic rings. The molecule has 4 N–H and O–H groups in total. The number of nitrogens with one attached hydrogen (secondary N) is 4. The Balaban J connectivity index is 1.22. The molecule has 2 saturated heterocycles. The average molecular weight is 570 g/mol. The highest BCUT2D eigenvalue weighted by atomic mass is 19.4. The molecule has 13 heteroatoms. The summed E-state index contributed by atoms with van der Waals surface area (Å²) >= 11 is 0. The number of carbonyl (C=O) groups excluding carboxylic acids is 3. The van der Waals surface area contributed by atoms with Crippen molar-refractivity contribution in [1.82, 2.24) is 35.9 Å². The number of aromatic nitrogens is 2. The van der Waals surface area contributed by atoms with Crippen LogP contribution in [-0.2, 0) is 30.5 Å². The third-order valence-corrected chi connectivity index (χ3v) is 8.44. The van der Waals surface area contributed by atoms with E-state index in [1.807, 2.05) is 12.1 Å². The minimum absolute atomic E-state index is 0.0803. The Morgan fingerprint density at radius 2 is 1.83 bits per heavy atom. The molecule has 0 aliphatic carbocycles. The van der Waals surface area contributed by atoms with Crippen molar-refractivity contribution in [3.05, 3.63) is 64.8 Å². The fraction of sp³-hybridized carbons (Fsp3) is 0.429. The predicted molar refractivity (Wildman–Crippen MR) is 143 cm³/mol. The van der Waals surface area contributed by atoms with E-state index in [0.717, 1.165) is 40.6 Å². The summed E-state index contributed by atoms with van der Waals surface area (Å²) in [6.07, 6.45) is -0.470. The molecule has 2 fully saturated rings. The molecular formula is C28H30F3N7O3. The number of carbonyl (C=O) groups is 3. The van der Waals surface area contributed by atoms with Gasteiger partial charge < -0.3 is 25.8 Å². The smallest absolute Gasteiger partial charge is 0.338 e. The van der Waals surface area contributed by atoms with Gasteiger partial charge in [-0.25, -0.2) is 9.59 Å². The number of H-pyrrole nitrogens is 1. The molecule has 0 radical (unpaired) electrons. The predicted octanol–water partition coefficient (Wildman–Crippen LogP) is 3.28. The molecule has 10 nitrogen and oxygen atoms in total. The lowest BCUT2D eigenvalue weighted by molar-refractivity contribution is -0.137. The summed E-state index contributed by atoms with van der Waals surface area (Å²) in [6.45, 7) is 1.77. The first kappa shape index (κ1) is 26.9. The number of likely N-dealkylation sites (tertiary alicyclic amines) is 1. The maximum Gasteiger partial charge on any atom is 0.416 e. The molecule has 3 aromatic rings. The summed E-state index contributed by atoms with van der Waals surface area (Å²) in [7, 11) is 0. The highest BCUT2D eigenvalue weighted by Gasteiger charge is 2.40. The number of hydrogen-bond acceptors (Lipinski definition) is 4. The van der Waals surface area contributed by atoms with Crippen LogP contribution >= 0.6 is 0 Å². The van der Waals surface area contributed by atoms with Gasteiger partial charge in [-0.3, -0.25) is 9.89 Å². The molecule has 5 amide bonds. The van der Waals surface area contributed by atoms with Crippen LogP contribution in [0, 0.1) is 0 Å². The molecule has 216 valence electrons. The Bertz CT molecular complexity index is 1480. The number of rotatable bonds is 3. The molecule has 0 bridgehead atoms. The molecule has 2 aromatic carbocycles. The number of urea groups is 2. The number of fused-ring (bicyclic) bond motifs is 3. The first-order chi connectivity index (χ1) is 19.6. The molecule has 4 heterocycles. The number of alkyl halides is 3. The van der Waals surface area contributed by atoms with Crippen LogP contribution in [0.4, 0.5) is 22.8 Å². The molecule has 1 atom stereocenters. The topological polar surface area (TPSA) is 122 Å². The molecule has 41 heavy (non-hydrogen) atoms. The summed E-state index contributed by atoms with van der Waals surface area (Å²) in [5.74, 6) is -0.315. The van der Waals surface area contributed by atoms with E-state index in [1.165, 1.54) is 12.1 Å². The van der Waals surface area contributed by atoms with E-state index in [9.17, 15) is 27.6 Å². The lowest BCUT2D eigenvalue weighted by Crippen LogP contribution is -2.63. The fourth-order valence-corrected chi connectivity index (χ4v) is 6.08. The molecule has 0 saturated carbocycles. The van der Waals surface area contributed by atoms with Crippen LogP contribution in [0.25, 0.3) is 10.9 Å². The minimum atomic E-state index is -4.45. The molecule has 3 aliphatic heterocycles. The van der Waals surface area contributed by atoms with Gasteiger partial charge in [-0.1, -0.05) is 18.2 Å². The Morgan fingerprint density at radius 1 is 1.07 bits per heavy atom. The minimum Gasteiger partial charge on any atom is -0.338 e. The van der Waals surface area contributed by atoms with Crippen LogP contribution in [0.5, 0.6) is 0 Å². The summed E-state index contributed by atoms with van der Waals surface area (Å²) in [6, 6.07) is 7.13. The van der Waals surface area contributed by atoms with Crippen molar-refractivity contribution in [2.75, 3.05) is 19.6 Å². The molecule has 1 spiro atoms. The van der Waals surface area contributed by atoms with Crippen molar-refractivity contribution in [1.29, 1.82) is 0 Å². The van der Waals surface area contributed by atoms with E-state index in [1.54, 1.807) is 16.0 Å². The zero-order valence-electron chi connectivity index (χ0n) is 22.2. The van der Waals surface area contributed by atoms with E-state index < -0.39 is 17.8 Å². The van der Waals surface area contributed by atoms with Gasteiger partial charge in [0.1, 0.15) is 6.04 Å². The van der Waals surface area contributed by atoms with Crippen LogP contribution in [0.15, 0.2) is 42.6 Å². The van der Waals surface area contributed by atoms with Crippen LogP contribution in [0.1, 0.15) is 41.5 Å². The number of benzene rings is 2. The van der Waals surface area contributed by atoms with Crippen LogP contribution < -0.4 is 16.0 Å². The first-order valence-corrected chi connectivity index (χ1v) is 13.6. The lowest BCUT2D eigenvalue weighted by atomic mass is 9.83. The number of halogens is 3. The van der Waals surface area contributed by atoms with Crippen molar-refractivity contribution in [2.45, 2.75) is 56.5 Å². The molecule has 6 rings (SSSR count). The van der Waals surface area contributed by atoms with E-state index in [4.69, 9.17) is 0 Å². The Morgan fingerprint density at radius 3 is 2.54 bits per heavy atom. The molecular weight excluding hydrogens is 539 g/mol. The van der Waals surface area contributed by atoms with E-state index in [-0.39, 0.29) is 43.0 Å². The Hall–Kier alpha value is -4.29. The summed E-state index contributed by atoms with van der Waals surface area (Å²) < 4.78 is 39.3. The summed E-state index contributed by atoms with van der Waals surface area (Å²) in [5.41, 5.74) is 2.04. The van der Waals surface area contributed by atoms with Crippen LogP contribution in [0.2, 0.25) is 0 Å². The maximum absolute atomic E-state index is 13.9. The highest BCUT2D eigenvalue weighted by molar-refractivity contribution is 5.90. The second-order valence-electron chi connectivity index (χ2n) is 11.0. The molecule has 1 aromatic heterocycles. The van der Waals surface area contributed by atoms with E-state index >= 15 is 0 Å². The first-order valence-electron chi connectivity index (χ1n) is 13.6. The summed E-state index contributed by atoms with van der Waals surface area (Å²) in [4.78, 5) is 42.3.